The van der Waals surface area contributed by atoms with Crippen molar-refractivity contribution >= 4 is 46.0 Å². The summed E-state index contributed by atoms with van der Waals surface area (Å²) in [6.45, 7) is 1.92. The van der Waals surface area contributed by atoms with Gasteiger partial charge in [0.05, 0.1) is 23.5 Å². The standard InChI is InChI=1S/C25H23FN4O4S/c26-18-4-1-14-2-6-22(32)30-11-15(23(18)24(14)30)7-8-27-10-17-12-29(25(33)34-17)16-3-5-20-19(9-16)28-21(31)13-35-20/h1-6,9,15,17,27H,7-8,10-13H2,(H,28,31)/t15-,17-/m0/s1. The summed E-state index contributed by atoms with van der Waals surface area (Å²) in [5.74, 6) is -0.0407. The molecule has 2 amide bonds. The number of pyridine rings is 1. The first kappa shape index (κ1) is 22.1. The predicted octanol–water partition coefficient (Wildman–Crippen LogP) is 3.29. The largest absolute Gasteiger partial charge is 0.443 e. The maximum Gasteiger partial charge on any atom is 0.414 e. The molecule has 0 unspecified atom stereocenters. The van der Waals surface area contributed by atoms with Crippen molar-refractivity contribution in [2.75, 3.05) is 35.6 Å². The number of amides is 2. The molecule has 2 N–H and O–H groups in total. The Labute approximate surface area is 204 Å². The number of anilines is 2. The van der Waals surface area contributed by atoms with Crippen LogP contribution in [0.1, 0.15) is 17.9 Å². The van der Waals surface area contributed by atoms with Crippen molar-refractivity contribution in [2.45, 2.75) is 29.9 Å². The van der Waals surface area contributed by atoms with E-state index in [0.29, 0.717) is 60.8 Å². The zero-order valence-corrected chi connectivity index (χ0v) is 19.6. The number of hydrogen-bond donors (Lipinski definition) is 2. The predicted molar refractivity (Wildman–Crippen MR) is 132 cm³/mol. The van der Waals surface area contributed by atoms with Gasteiger partial charge in [-0.05, 0) is 54.8 Å². The Morgan fingerprint density at radius 3 is 2.86 bits per heavy atom. The summed E-state index contributed by atoms with van der Waals surface area (Å²) in [6, 6.07) is 12.0. The number of nitrogens with one attached hydrogen (secondary N) is 2. The highest BCUT2D eigenvalue weighted by atomic mass is 32.2. The number of halogens is 1. The van der Waals surface area contributed by atoms with Gasteiger partial charge in [0.1, 0.15) is 11.9 Å². The van der Waals surface area contributed by atoms with E-state index in [9.17, 15) is 18.8 Å². The zero-order valence-electron chi connectivity index (χ0n) is 18.8. The van der Waals surface area contributed by atoms with Gasteiger partial charge in [0.2, 0.25) is 5.91 Å². The summed E-state index contributed by atoms with van der Waals surface area (Å²) in [7, 11) is 0. The number of carbonyl (C=O) groups excluding carboxylic acids is 2. The van der Waals surface area contributed by atoms with Crippen LogP contribution in [0.4, 0.5) is 20.6 Å². The molecule has 3 aliphatic heterocycles. The molecule has 0 spiro atoms. The van der Waals surface area contributed by atoms with E-state index in [0.717, 1.165) is 10.3 Å². The van der Waals surface area contributed by atoms with Crippen molar-refractivity contribution in [3.8, 4) is 0 Å². The van der Waals surface area contributed by atoms with E-state index in [1.54, 1.807) is 27.7 Å². The van der Waals surface area contributed by atoms with E-state index in [1.807, 2.05) is 12.1 Å². The molecule has 2 atom stereocenters. The molecule has 8 nitrogen and oxygen atoms in total. The summed E-state index contributed by atoms with van der Waals surface area (Å²) in [6.07, 6.45) is -0.0963. The molecule has 0 aliphatic carbocycles. The van der Waals surface area contributed by atoms with Crippen molar-refractivity contribution in [3.63, 3.8) is 0 Å². The fourth-order valence-electron chi connectivity index (χ4n) is 5.13. The first-order valence-corrected chi connectivity index (χ1v) is 12.5. The Morgan fingerprint density at radius 1 is 1.11 bits per heavy atom. The van der Waals surface area contributed by atoms with Gasteiger partial charge in [0, 0.05) is 41.2 Å². The number of aromatic nitrogens is 1. The van der Waals surface area contributed by atoms with Crippen molar-refractivity contribution in [2.24, 2.45) is 0 Å². The lowest BCUT2D eigenvalue weighted by molar-refractivity contribution is -0.113. The second-order valence-electron chi connectivity index (χ2n) is 9.00. The average Bonchev–Trinajstić information content (AvgIpc) is 3.42. The fourth-order valence-corrected chi connectivity index (χ4v) is 5.92. The van der Waals surface area contributed by atoms with Gasteiger partial charge in [-0.1, -0.05) is 0 Å². The van der Waals surface area contributed by atoms with Gasteiger partial charge in [-0.25, -0.2) is 9.18 Å². The average molecular weight is 495 g/mol. The van der Waals surface area contributed by atoms with Gasteiger partial charge in [-0.2, -0.15) is 0 Å². The summed E-state index contributed by atoms with van der Waals surface area (Å²) in [4.78, 5) is 39.0. The number of nitrogens with zero attached hydrogens (tertiary/aromatic N) is 2. The van der Waals surface area contributed by atoms with Crippen LogP contribution >= 0.6 is 11.8 Å². The minimum absolute atomic E-state index is 0.0583. The molecule has 3 aliphatic rings. The van der Waals surface area contributed by atoms with Crippen LogP contribution in [-0.2, 0) is 16.1 Å². The Kier molecular flexibility index (Phi) is 5.49. The molecule has 2 aromatic carbocycles. The molecule has 0 bridgehead atoms. The zero-order chi connectivity index (χ0) is 24.1. The van der Waals surface area contributed by atoms with Gasteiger partial charge in [-0.15, -0.1) is 11.8 Å². The maximum absolute atomic E-state index is 14.6. The fraction of sp³-hybridized carbons (Fsp3) is 0.320. The number of thioether (sulfide) groups is 1. The lowest BCUT2D eigenvalue weighted by Crippen LogP contribution is -2.32. The first-order valence-electron chi connectivity index (χ1n) is 11.6. The van der Waals surface area contributed by atoms with E-state index < -0.39 is 6.09 Å². The third-order valence-corrected chi connectivity index (χ3v) is 7.84. The van der Waals surface area contributed by atoms with Crippen LogP contribution in [0.5, 0.6) is 0 Å². The third-order valence-electron chi connectivity index (χ3n) is 6.77. The topological polar surface area (TPSA) is 92.7 Å². The molecule has 1 saturated heterocycles. The van der Waals surface area contributed by atoms with Crippen LogP contribution < -0.4 is 21.1 Å². The van der Waals surface area contributed by atoms with Crippen LogP contribution in [0.25, 0.3) is 10.9 Å². The Balaban J connectivity index is 1.06. The van der Waals surface area contributed by atoms with E-state index in [-0.39, 0.29) is 29.3 Å². The molecule has 0 radical (unpaired) electrons. The van der Waals surface area contributed by atoms with Gasteiger partial charge >= 0.3 is 6.09 Å². The van der Waals surface area contributed by atoms with Crippen LogP contribution in [0.15, 0.2) is 52.2 Å². The second-order valence-corrected chi connectivity index (χ2v) is 10.0. The van der Waals surface area contributed by atoms with Crippen molar-refractivity contribution in [1.82, 2.24) is 9.88 Å². The number of rotatable bonds is 6. The normalized spacial score (nSPS) is 20.8. The smallest absolute Gasteiger partial charge is 0.414 e. The number of benzene rings is 2. The van der Waals surface area contributed by atoms with E-state index in [4.69, 9.17) is 4.74 Å². The van der Waals surface area contributed by atoms with E-state index >= 15 is 0 Å². The number of hydrogen-bond acceptors (Lipinski definition) is 6. The molecular weight excluding hydrogens is 471 g/mol. The number of fused-ring (bicyclic) bond motifs is 1. The van der Waals surface area contributed by atoms with Crippen LogP contribution in [-0.4, -0.2) is 48.1 Å². The summed E-state index contributed by atoms with van der Waals surface area (Å²) in [5.41, 5.74) is 2.58. The highest BCUT2D eigenvalue weighted by molar-refractivity contribution is 8.00. The molecule has 1 fully saturated rings. The van der Waals surface area contributed by atoms with Crippen LogP contribution in [0.2, 0.25) is 0 Å². The molecule has 35 heavy (non-hydrogen) atoms. The minimum atomic E-state index is -0.425. The van der Waals surface area contributed by atoms with Gasteiger partial charge in [0.25, 0.3) is 5.56 Å². The molecule has 1 aromatic heterocycles. The molecule has 3 aromatic rings. The number of cyclic esters (lactones) is 1. The SMILES string of the molecule is O=C1CSc2ccc(N3C[C@H](CNCC[C@H]4Cn5c(=O)ccc6ccc(F)c4c65)OC3=O)cc2N1. The van der Waals surface area contributed by atoms with E-state index in [2.05, 4.69) is 10.6 Å². The third kappa shape index (κ3) is 3.96. The monoisotopic (exact) mass is 494 g/mol. The molecule has 10 heteroatoms. The Bertz CT molecular complexity index is 1420. The van der Waals surface area contributed by atoms with Crippen molar-refractivity contribution in [3.05, 3.63) is 64.2 Å². The van der Waals surface area contributed by atoms with Crippen LogP contribution in [0, 0.1) is 5.82 Å². The number of carbonyl (C=O) groups is 2. The van der Waals surface area contributed by atoms with E-state index in [1.165, 1.54) is 23.9 Å². The van der Waals surface area contributed by atoms with Gasteiger partial charge in [-0.3, -0.25) is 14.5 Å². The minimum Gasteiger partial charge on any atom is -0.443 e. The second kappa shape index (κ2) is 8.69. The highest BCUT2D eigenvalue weighted by Gasteiger charge is 2.33. The lowest BCUT2D eigenvalue weighted by Gasteiger charge is -2.20. The molecule has 6 rings (SSSR count). The van der Waals surface area contributed by atoms with Crippen LogP contribution in [0.3, 0.4) is 0 Å². The van der Waals surface area contributed by atoms with Gasteiger partial charge in [0.15, 0.2) is 0 Å². The van der Waals surface area contributed by atoms with Gasteiger partial charge < -0.3 is 19.9 Å². The Morgan fingerprint density at radius 2 is 1.97 bits per heavy atom. The van der Waals surface area contributed by atoms with Crippen molar-refractivity contribution in [1.29, 1.82) is 0 Å². The Hall–Kier alpha value is -3.37. The highest BCUT2D eigenvalue weighted by Crippen LogP contribution is 2.37. The lowest BCUT2D eigenvalue weighted by atomic mass is 9.96. The summed E-state index contributed by atoms with van der Waals surface area (Å²) >= 11 is 1.47. The van der Waals surface area contributed by atoms with Crippen molar-refractivity contribution < 1.29 is 18.7 Å². The molecule has 0 saturated carbocycles. The maximum atomic E-state index is 14.6. The number of ether oxygens (including phenoxy) is 1. The summed E-state index contributed by atoms with van der Waals surface area (Å²) < 4.78 is 21.8. The summed E-state index contributed by atoms with van der Waals surface area (Å²) in [5, 5.41) is 7.03. The molecule has 180 valence electrons. The quantitative estimate of drug-likeness (QED) is 0.511. The molecular formula is C25H23FN4O4S. The first-order chi connectivity index (χ1) is 17.0. The molecule has 4 heterocycles.